The van der Waals surface area contributed by atoms with Gasteiger partial charge in [-0.3, -0.25) is 25.5 Å². The average Bonchev–Trinajstić information content (AvgIpc) is 3.29. The zero-order valence-electron chi connectivity index (χ0n) is 21.9. The quantitative estimate of drug-likeness (QED) is 0.312. The van der Waals surface area contributed by atoms with Gasteiger partial charge in [-0.1, -0.05) is 6.92 Å². The van der Waals surface area contributed by atoms with Crippen LogP contribution in [-0.2, 0) is 9.53 Å². The summed E-state index contributed by atoms with van der Waals surface area (Å²) < 4.78 is 42.2. The molecule has 0 aromatic heterocycles. The summed E-state index contributed by atoms with van der Waals surface area (Å²) in [5.41, 5.74) is 0. The fourth-order valence-corrected chi connectivity index (χ4v) is 7.45. The Morgan fingerprint density at radius 1 is 0.919 bits per heavy atom. The van der Waals surface area contributed by atoms with Crippen LogP contribution in [0.25, 0.3) is 0 Å². The van der Waals surface area contributed by atoms with Crippen molar-refractivity contribution in [3.05, 3.63) is 0 Å². The third-order valence-corrected chi connectivity index (χ3v) is 9.52. The Bertz CT molecular complexity index is 767. The Morgan fingerprint density at radius 2 is 1.76 bits per heavy atom. The zero-order chi connectivity index (χ0) is 26.0. The lowest BCUT2D eigenvalue weighted by atomic mass is 9.82. The van der Waals surface area contributed by atoms with E-state index in [0.29, 0.717) is 49.6 Å². The van der Waals surface area contributed by atoms with Crippen molar-refractivity contribution in [3.8, 4) is 0 Å². The van der Waals surface area contributed by atoms with Crippen molar-refractivity contribution in [3.63, 3.8) is 0 Å². The molecule has 5 fully saturated rings. The molecule has 5 aliphatic rings. The summed E-state index contributed by atoms with van der Waals surface area (Å²) in [6.07, 6.45) is 3.14. The predicted molar refractivity (Wildman–Crippen MR) is 134 cm³/mol. The molecule has 6 N–H and O–H groups in total. The predicted octanol–water partition coefficient (Wildman–Crippen LogP) is 1.92. The molecule has 37 heavy (non-hydrogen) atoms. The van der Waals surface area contributed by atoms with Crippen LogP contribution in [0.3, 0.4) is 0 Å². The first-order chi connectivity index (χ1) is 17.7. The molecule has 0 radical (unpaired) electrons. The highest BCUT2D eigenvalue weighted by Crippen LogP contribution is 2.37. The average molecular weight is 531 g/mol. The molecule has 0 bridgehead atoms. The van der Waals surface area contributed by atoms with Crippen molar-refractivity contribution in [2.45, 2.75) is 120 Å². The van der Waals surface area contributed by atoms with Gasteiger partial charge in [0, 0.05) is 24.2 Å². The lowest BCUT2D eigenvalue weighted by Crippen LogP contribution is -2.66. The van der Waals surface area contributed by atoms with E-state index < -0.39 is 12.5 Å². The third-order valence-electron chi connectivity index (χ3n) is 9.52. The van der Waals surface area contributed by atoms with Crippen LogP contribution in [0.15, 0.2) is 0 Å². The molecule has 212 valence electrons. The maximum atomic E-state index is 13.1. The maximum absolute atomic E-state index is 13.1. The van der Waals surface area contributed by atoms with Crippen molar-refractivity contribution < 1.29 is 22.7 Å². The number of fused-ring (bicyclic) bond motifs is 1. The minimum absolute atomic E-state index is 0.0141. The van der Waals surface area contributed by atoms with Crippen LogP contribution in [0.4, 0.5) is 13.2 Å². The van der Waals surface area contributed by atoms with Gasteiger partial charge in [-0.05, 0) is 102 Å². The van der Waals surface area contributed by atoms with Crippen LogP contribution in [0, 0.1) is 17.8 Å². The number of hydrogen-bond acceptors (Lipinski definition) is 7. The molecule has 5 rings (SSSR count). The standard InChI is InChI=1S/C26H45F3N6O2/c1-15-4-5-18(13-22(15)35-25-31-10-8-21(34-25)16-3-2-9-30-14-16)32-24(36)23-12-17-11-19(37-26(27,28)29)6-7-20(17)33-23/h15-23,25,30-31,33-35H,2-14H2,1H3,(H,32,36). The number of hydrogen-bond donors (Lipinski definition) is 6. The summed E-state index contributed by atoms with van der Waals surface area (Å²) in [6, 6.07) is 0.678. The highest BCUT2D eigenvalue weighted by molar-refractivity contribution is 5.82. The van der Waals surface area contributed by atoms with E-state index in [2.05, 4.69) is 43.6 Å². The Labute approximate surface area is 218 Å². The van der Waals surface area contributed by atoms with E-state index in [4.69, 9.17) is 0 Å². The summed E-state index contributed by atoms with van der Waals surface area (Å²) in [5, 5.41) is 21.4. The normalized spacial score (nSPS) is 43.2. The first-order valence-electron chi connectivity index (χ1n) is 14.5. The Balaban J connectivity index is 1.08. The van der Waals surface area contributed by atoms with Gasteiger partial charge in [-0.15, -0.1) is 13.2 Å². The van der Waals surface area contributed by atoms with Crippen LogP contribution in [0.1, 0.15) is 71.1 Å². The zero-order valence-corrected chi connectivity index (χ0v) is 21.9. The van der Waals surface area contributed by atoms with Crippen molar-refractivity contribution >= 4 is 5.91 Å². The van der Waals surface area contributed by atoms with Gasteiger partial charge in [-0.2, -0.15) is 0 Å². The number of halogens is 3. The first-order valence-corrected chi connectivity index (χ1v) is 14.5. The first kappa shape index (κ1) is 27.6. The number of carbonyl (C=O) groups is 1. The lowest BCUT2D eigenvalue weighted by Gasteiger charge is -2.42. The largest absolute Gasteiger partial charge is 0.522 e. The van der Waals surface area contributed by atoms with Crippen molar-refractivity contribution in [1.82, 2.24) is 31.9 Å². The van der Waals surface area contributed by atoms with Crippen molar-refractivity contribution in [1.29, 1.82) is 0 Å². The summed E-state index contributed by atoms with van der Waals surface area (Å²) >= 11 is 0. The third kappa shape index (κ3) is 7.36. The second kappa shape index (κ2) is 12.0. The molecule has 2 saturated carbocycles. The Kier molecular flexibility index (Phi) is 8.98. The topological polar surface area (TPSA) is 98.5 Å². The van der Waals surface area contributed by atoms with Crippen LogP contribution in [-0.4, -0.2) is 74.5 Å². The second-order valence-electron chi connectivity index (χ2n) is 12.1. The van der Waals surface area contributed by atoms with Gasteiger partial charge in [0.15, 0.2) is 0 Å². The molecule has 2 aliphatic carbocycles. The van der Waals surface area contributed by atoms with Crippen molar-refractivity contribution in [2.75, 3.05) is 19.6 Å². The molecule has 0 spiro atoms. The van der Waals surface area contributed by atoms with Gasteiger partial charge in [0.25, 0.3) is 0 Å². The molecule has 0 aromatic carbocycles. The van der Waals surface area contributed by atoms with E-state index in [1.54, 1.807) is 0 Å². The van der Waals surface area contributed by atoms with E-state index in [0.717, 1.165) is 45.3 Å². The smallest absolute Gasteiger partial charge is 0.352 e. The number of alkyl halides is 3. The SMILES string of the molecule is CC1CCC(NC(=O)C2CC3CC(OC(F)(F)F)CCC3N2)CC1NC1NCCC(C2CCCNC2)N1. The highest BCUT2D eigenvalue weighted by atomic mass is 19.4. The number of amides is 1. The van der Waals surface area contributed by atoms with Gasteiger partial charge in [0.05, 0.1) is 12.1 Å². The van der Waals surface area contributed by atoms with Crippen LogP contribution in [0.2, 0.25) is 0 Å². The molecule has 3 heterocycles. The van der Waals surface area contributed by atoms with Gasteiger partial charge in [0.2, 0.25) is 5.91 Å². The van der Waals surface area contributed by atoms with E-state index in [9.17, 15) is 18.0 Å². The van der Waals surface area contributed by atoms with Crippen LogP contribution >= 0.6 is 0 Å². The van der Waals surface area contributed by atoms with E-state index >= 15 is 0 Å². The van der Waals surface area contributed by atoms with Gasteiger partial charge in [0.1, 0.15) is 6.29 Å². The van der Waals surface area contributed by atoms with E-state index in [1.807, 2.05) is 0 Å². The number of piperidine rings is 1. The molecule has 1 amide bonds. The second-order valence-corrected chi connectivity index (χ2v) is 12.1. The highest BCUT2D eigenvalue weighted by Gasteiger charge is 2.44. The molecule has 0 aromatic rings. The summed E-state index contributed by atoms with van der Waals surface area (Å²) in [7, 11) is 0. The monoisotopic (exact) mass is 530 g/mol. The fourth-order valence-electron chi connectivity index (χ4n) is 7.45. The molecule has 3 saturated heterocycles. The number of carbonyl (C=O) groups excluding carboxylic acids is 1. The summed E-state index contributed by atoms with van der Waals surface area (Å²) in [4.78, 5) is 13.1. The minimum atomic E-state index is -4.60. The summed E-state index contributed by atoms with van der Waals surface area (Å²) in [6.45, 7) is 5.49. The van der Waals surface area contributed by atoms with Crippen LogP contribution in [0.5, 0.6) is 0 Å². The van der Waals surface area contributed by atoms with E-state index in [-0.39, 0.29) is 36.2 Å². The summed E-state index contributed by atoms with van der Waals surface area (Å²) in [5.74, 6) is 1.23. The lowest BCUT2D eigenvalue weighted by molar-refractivity contribution is -0.346. The fraction of sp³-hybridized carbons (Fsp3) is 0.962. The van der Waals surface area contributed by atoms with Gasteiger partial charge in [-0.25, -0.2) is 0 Å². The Morgan fingerprint density at radius 3 is 2.54 bits per heavy atom. The maximum Gasteiger partial charge on any atom is 0.522 e. The van der Waals surface area contributed by atoms with Gasteiger partial charge < -0.3 is 16.0 Å². The molecule has 3 aliphatic heterocycles. The molecule has 11 heteroatoms. The minimum Gasteiger partial charge on any atom is -0.352 e. The number of rotatable bonds is 6. The van der Waals surface area contributed by atoms with Crippen molar-refractivity contribution in [2.24, 2.45) is 17.8 Å². The van der Waals surface area contributed by atoms with Gasteiger partial charge >= 0.3 is 6.36 Å². The number of ether oxygens (including phenoxy) is 1. The molecule has 10 unspecified atom stereocenters. The van der Waals surface area contributed by atoms with Crippen LogP contribution < -0.4 is 31.9 Å². The molecular formula is C26H45F3N6O2. The number of nitrogens with one attached hydrogen (secondary N) is 6. The molecule has 8 nitrogen and oxygen atoms in total. The van der Waals surface area contributed by atoms with E-state index in [1.165, 1.54) is 12.8 Å². The molecular weight excluding hydrogens is 485 g/mol. The Hall–Kier alpha value is -0.980. The molecule has 10 atom stereocenters.